The van der Waals surface area contributed by atoms with Gasteiger partial charge in [-0.25, -0.2) is 4.39 Å². The number of carbonyl (C=O) groups is 1. The van der Waals surface area contributed by atoms with Crippen molar-refractivity contribution in [1.29, 1.82) is 0 Å². The van der Waals surface area contributed by atoms with Crippen LogP contribution in [0.3, 0.4) is 0 Å². The second-order valence-electron chi connectivity index (χ2n) is 5.59. The average Bonchev–Trinajstić information content (AvgIpc) is 2.41. The Labute approximate surface area is 114 Å². The molecule has 2 unspecified atom stereocenters. The molecule has 104 valence electrons. The van der Waals surface area contributed by atoms with Gasteiger partial charge in [0.05, 0.1) is 0 Å². The number of Topliss-reactive ketones (excluding diaryl/α,β-unsaturated/α-hetero) is 1. The molecule has 1 saturated carbocycles. The quantitative estimate of drug-likeness (QED) is 0.831. The van der Waals surface area contributed by atoms with Gasteiger partial charge in [-0.3, -0.25) is 4.79 Å². The van der Waals surface area contributed by atoms with E-state index in [2.05, 4.69) is 6.92 Å². The molecule has 0 saturated heterocycles. The Morgan fingerprint density at radius 2 is 2.21 bits per heavy atom. The second kappa shape index (κ2) is 5.83. The van der Waals surface area contributed by atoms with Crippen molar-refractivity contribution in [2.24, 2.45) is 5.92 Å². The van der Waals surface area contributed by atoms with E-state index in [-0.39, 0.29) is 18.0 Å². The molecule has 3 heteroatoms. The summed E-state index contributed by atoms with van der Waals surface area (Å²) >= 11 is 0. The molecule has 1 aliphatic carbocycles. The predicted octanol–water partition coefficient (Wildman–Crippen LogP) is 3.53. The van der Waals surface area contributed by atoms with Gasteiger partial charge in [-0.2, -0.15) is 0 Å². The lowest BCUT2D eigenvalue weighted by molar-refractivity contribution is -0.146. The van der Waals surface area contributed by atoms with Gasteiger partial charge in [0.2, 0.25) is 0 Å². The lowest BCUT2D eigenvalue weighted by Gasteiger charge is -2.37. The molecule has 0 amide bonds. The fourth-order valence-electron chi connectivity index (χ4n) is 3.03. The molecule has 0 heterocycles. The molecule has 2 nitrogen and oxygen atoms in total. The summed E-state index contributed by atoms with van der Waals surface area (Å²) in [5, 5.41) is 0. The molecule has 2 atom stereocenters. The number of ketones is 1. The zero-order chi connectivity index (χ0) is 13.9. The molecule has 0 aliphatic heterocycles. The van der Waals surface area contributed by atoms with Crippen molar-refractivity contribution in [1.82, 2.24) is 0 Å². The van der Waals surface area contributed by atoms with Gasteiger partial charge in [0.1, 0.15) is 11.4 Å². The molecule has 0 spiro atoms. The standard InChI is InChI=1S/C16H21FO2/c1-12-6-5-9-16(11-12,19-2)15(18)10-13-7-3-4-8-14(13)17/h3-4,7-8,12H,5-6,9-11H2,1-2H3. The van der Waals surface area contributed by atoms with E-state index in [1.54, 1.807) is 25.3 Å². The maximum atomic E-state index is 13.6. The molecule has 0 bridgehead atoms. The summed E-state index contributed by atoms with van der Waals surface area (Å²) in [7, 11) is 1.59. The van der Waals surface area contributed by atoms with Crippen molar-refractivity contribution in [3.05, 3.63) is 35.6 Å². The summed E-state index contributed by atoms with van der Waals surface area (Å²) < 4.78 is 19.2. The summed E-state index contributed by atoms with van der Waals surface area (Å²) in [4.78, 5) is 12.5. The molecule has 1 aromatic rings. The van der Waals surface area contributed by atoms with Crippen molar-refractivity contribution in [3.8, 4) is 0 Å². The van der Waals surface area contributed by atoms with Crippen LogP contribution in [-0.2, 0) is 16.0 Å². The number of hydrogen-bond donors (Lipinski definition) is 0. The van der Waals surface area contributed by atoms with Crippen LogP contribution < -0.4 is 0 Å². The van der Waals surface area contributed by atoms with Gasteiger partial charge in [0, 0.05) is 13.5 Å². The van der Waals surface area contributed by atoms with E-state index in [1.807, 2.05) is 0 Å². The number of hydrogen-bond acceptors (Lipinski definition) is 2. The second-order valence-corrected chi connectivity index (χ2v) is 5.59. The van der Waals surface area contributed by atoms with Crippen molar-refractivity contribution in [3.63, 3.8) is 0 Å². The Kier molecular flexibility index (Phi) is 4.35. The van der Waals surface area contributed by atoms with Crippen molar-refractivity contribution in [2.45, 2.75) is 44.6 Å². The molecule has 0 radical (unpaired) electrons. The molecule has 1 fully saturated rings. The first-order chi connectivity index (χ1) is 9.07. The molecule has 0 N–H and O–H groups in total. The summed E-state index contributed by atoms with van der Waals surface area (Å²) in [6.45, 7) is 2.14. The average molecular weight is 264 g/mol. The van der Waals surface area contributed by atoms with E-state index < -0.39 is 5.60 Å². The highest BCUT2D eigenvalue weighted by Gasteiger charge is 2.41. The number of methoxy groups -OCH3 is 1. The van der Waals surface area contributed by atoms with Gasteiger partial charge < -0.3 is 4.74 Å². The van der Waals surface area contributed by atoms with Gasteiger partial charge in [-0.05, 0) is 36.8 Å². The highest BCUT2D eigenvalue weighted by molar-refractivity contribution is 5.89. The molecule has 1 aliphatic rings. The fraction of sp³-hybridized carbons (Fsp3) is 0.562. The molecular weight excluding hydrogens is 243 g/mol. The van der Waals surface area contributed by atoms with Crippen LogP contribution in [0.15, 0.2) is 24.3 Å². The highest BCUT2D eigenvalue weighted by Crippen LogP contribution is 2.36. The summed E-state index contributed by atoms with van der Waals surface area (Å²) in [5.74, 6) is 0.177. The van der Waals surface area contributed by atoms with E-state index in [0.717, 1.165) is 25.7 Å². The third kappa shape index (κ3) is 3.03. The summed E-state index contributed by atoms with van der Waals surface area (Å²) in [6.07, 6.45) is 3.75. The van der Waals surface area contributed by atoms with Gasteiger partial charge in [0.25, 0.3) is 0 Å². The minimum Gasteiger partial charge on any atom is -0.370 e. The third-order valence-corrected chi connectivity index (χ3v) is 4.16. The lowest BCUT2D eigenvalue weighted by atomic mass is 9.75. The van der Waals surface area contributed by atoms with Crippen LogP contribution in [0.4, 0.5) is 4.39 Å². The van der Waals surface area contributed by atoms with Crippen LogP contribution in [0, 0.1) is 11.7 Å². The molecule has 2 rings (SSSR count). The normalized spacial score (nSPS) is 27.2. The SMILES string of the molecule is COC1(C(=O)Cc2ccccc2F)CCCC(C)C1. The van der Waals surface area contributed by atoms with E-state index in [0.29, 0.717) is 11.5 Å². The largest absolute Gasteiger partial charge is 0.370 e. The molecule has 1 aromatic carbocycles. The topological polar surface area (TPSA) is 26.3 Å². The van der Waals surface area contributed by atoms with Crippen molar-refractivity contribution < 1.29 is 13.9 Å². The predicted molar refractivity (Wildman–Crippen MR) is 72.5 cm³/mol. The number of halogens is 1. The van der Waals surface area contributed by atoms with Crippen LogP contribution in [-0.4, -0.2) is 18.5 Å². The molecule has 19 heavy (non-hydrogen) atoms. The van der Waals surface area contributed by atoms with Crippen molar-refractivity contribution in [2.75, 3.05) is 7.11 Å². The number of carbonyl (C=O) groups excluding carboxylic acids is 1. The number of ether oxygens (including phenoxy) is 1. The number of benzene rings is 1. The zero-order valence-corrected chi connectivity index (χ0v) is 11.6. The maximum absolute atomic E-state index is 13.6. The Morgan fingerprint density at radius 1 is 1.47 bits per heavy atom. The monoisotopic (exact) mass is 264 g/mol. The van der Waals surface area contributed by atoms with E-state index in [4.69, 9.17) is 4.74 Å². The maximum Gasteiger partial charge on any atom is 0.169 e. The first-order valence-electron chi connectivity index (χ1n) is 6.89. The van der Waals surface area contributed by atoms with Gasteiger partial charge in [-0.15, -0.1) is 0 Å². The van der Waals surface area contributed by atoms with Gasteiger partial charge >= 0.3 is 0 Å². The van der Waals surface area contributed by atoms with Crippen molar-refractivity contribution >= 4 is 5.78 Å². The van der Waals surface area contributed by atoms with Crippen LogP contribution in [0.25, 0.3) is 0 Å². The summed E-state index contributed by atoms with van der Waals surface area (Å²) in [6, 6.07) is 6.46. The lowest BCUT2D eigenvalue weighted by Crippen LogP contribution is -2.45. The van der Waals surface area contributed by atoms with Crippen LogP contribution >= 0.6 is 0 Å². The zero-order valence-electron chi connectivity index (χ0n) is 11.6. The Hall–Kier alpha value is -1.22. The summed E-state index contributed by atoms with van der Waals surface area (Å²) in [5.41, 5.74) is -0.248. The minimum atomic E-state index is -0.708. The smallest absolute Gasteiger partial charge is 0.169 e. The number of rotatable bonds is 4. The highest BCUT2D eigenvalue weighted by atomic mass is 19.1. The third-order valence-electron chi connectivity index (χ3n) is 4.16. The Bertz CT molecular complexity index is 458. The van der Waals surface area contributed by atoms with E-state index >= 15 is 0 Å². The van der Waals surface area contributed by atoms with E-state index in [1.165, 1.54) is 6.07 Å². The molecule has 0 aromatic heterocycles. The Balaban J connectivity index is 2.15. The van der Waals surface area contributed by atoms with Gasteiger partial charge in [-0.1, -0.05) is 31.5 Å². The first kappa shape index (κ1) is 14.2. The minimum absolute atomic E-state index is 0.00616. The Morgan fingerprint density at radius 3 is 2.84 bits per heavy atom. The van der Waals surface area contributed by atoms with Crippen LogP contribution in [0.2, 0.25) is 0 Å². The van der Waals surface area contributed by atoms with Gasteiger partial charge in [0.15, 0.2) is 5.78 Å². The fourth-order valence-corrected chi connectivity index (χ4v) is 3.03. The molecular formula is C16H21FO2. The van der Waals surface area contributed by atoms with E-state index in [9.17, 15) is 9.18 Å². The van der Waals surface area contributed by atoms with Crippen LogP contribution in [0.5, 0.6) is 0 Å². The first-order valence-corrected chi connectivity index (χ1v) is 6.89. The van der Waals surface area contributed by atoms with Crippen LogP contribution in [0.1, 0.15) is 38.2 Å².